The Morgan fingerprint density at radius 3 is 2.23 bits per heavy atom. The average molecular weight is 410 g/mol. The molecule has 1 aliphatic carbocycles. The highest BCUT2D eigenvalue weighted by Crippen LogP contribution is 2.50. The fourth-order valence-electron chi connectivity index (χ4n) is 4.18. The number of likely N-dealkylation sites (N-methyl/N-ethyl adjacent to an activating group) is 1. The number of rotatable bonds is 3. The van der Waals surface area contributed by atoms with Crippen LogP contribution in [0.25, 0.3) is 16.3 Å². The fourth-order valence-corrected chi connectivity index (χ4v) is 5.31. The van der Waals surface area contributed by atoms with Crippen LogP contribution in [-0.4, -0.2) is 29.2 Å². The lowest BCUT2D eigenvalue weighted by Gasteiger charge is -2.35. The molecule has 0 saturated heterocycles. The third kappa shape index (κ3) is 2.84. The van der Waals surface area contributed by atoms with Crippen molar-refractivity contribution in [2.75, 3.05) is 7.05 Å². The number of thioether (sulfide) groups is 1. The first-order valence-electron chi connectivity index (χ1n) is 9.76. The molecule has 5 rings (SSSR count). The lowest BCUT2D eigenvalue weighted by molar-refractivity contribution is -0.125. The first-order chi connectivity index (χ1) is 14.6. The normalized spacial score (nSPS) is 17.6. The third-order valence-corrected chi connectivity index (χ3v) is 6.80. The zero-order chi connectivity index (χ0) is 20.7. The molecule has 1 amide bonds. The number of fused-ring (bicyclic) bond motifs is 1. The molecule has 4 heteroatoms. The zero-order valence-corrected chi connectivity index (χ0v) is 17.2. The highest BCUT2D eigenvalue weighted by atomic mass is 32.2. The topological polar surface area (TPSA) is 37.4 Å². The molecule has 0 atom stereocenters. The van der Waals surface area contributed by atoms with Crippen LogP contribution >= 0.6 is 11.8 Å². The van der Waals surface area contributed by atoms with E-state index in [0.29, 0.717) is 4.91 Å². The first kappa shape index (κ1) is 18.6. The van der Waals surface area contributed by atoms with Gasteiger partial charge in [-0.25, -0.2) is 0 Å². The Labute approximate surface area is 179 Å². The Hall–Kier alpha value is -3.37. The molecule has 3 aromatic rings. The van der Waals surface area contributed by atoms with Gasteiger partial charge >= 0.3 is 0 Å². The Morgan fingerprint density at radius 1 is 0.800 bits per heavy atom. The Balaban J connectivity index is 1.81. The molecule has 30 heavy (non-hydrogen) atoms. The lowest BCUT2D eigenvalue weighted by Crippen LogP contribution is -2.43. The summed E-state index contributed by atoms with van der Waals surface area (Å²) < 4.78 is 0. The minimum Gasteiger partial charge on any atom is -0.324 e. The van der Waals surface area contributed by atoms with Crippen LogP contribution in [0.1, 0.15) is 5.56 Å². The SMILES string of the molecule is CN1C(=O)C(Sc2ccccc2)=C(c2cccc3ccccc23)C12C=CC(=O)C=C2. The zero-order valence-electron chi connectivity index (χ0n) is 16.4. The van der Waals surface area contributed by atoms with E-state index in [1.54, 1.807) is 24.1 Å². The average Bonchev–Trinajstić information content (AvgIpc) is 2.98. The minimum atomic E-state index is -0.785. The van der Waals surface area contributed by atoms with E-state index in [1.165, 1.54) is 11.8 Å². The van der Waals surface area contributed by atoms with E-state index in [2.05, 4.69) is 24.3 Å². The Bertz CT molecular complexity index is 1250. The molecule has 0 radical (unpaired) electrons. The number of amides is 1. The summed E-state index contributed by atoms with van der Waals surface area (Å²) in [6.07, 6.45) is 6.82. The number of ketones is 1. The van der Waals surface area contributed by atoms with Crippen LogP contribution in [0.3, 0.4) is 0 Å². The van der Waals surface area contributed by atoms with Crippen molar-refractivity contribution in [2.24, 2.45) is 0 Å². The van der Waals surface area contributed by atoms with Gasteiger partial charge in [0.2, 0.25) is 0 Å². The van der Waals surface area contributed by atoms with Gasteiger partial charge in [0.05, 0.1) is 4.91 Å². The Morgan fingerprint density at radius 2 is 1.47 bits per heavy atom. The molecule has 3 nitrogen and oxygen atoms in total. The van der Waals surface area contributed by atoms with E-state index in [-0.39, 0.29) is 11.7 Å². The van der Waals surface area contributed by atoms with E-state index in [4.69, 9.17) is 0 Å². The number of carbonyl (C=O) groups is 2. The molecule has 0 fully saturated rings. The predicted octanol–water partition coefficient (Wildman–Crippen LogP) is 5.25. The van der Waals surface area contributed by atoms with Gasteiger partial charge in [-0.3, -0.25) is 9.59 Å². The number of nitrogens with zero attached hydrogens (tertiary/aromatic N) is 1. The summed E-state index contributed by atoms with van der Waals surface area (Å²) in [4.78, 5) is 28.8. The highest BCUT2D eigenvalue weighted by Gasteiger charge is 2.48. The van der Waals surface area contributed by atoms with Crippen molar-refractivity contribution in [1.29, 1.82) is 0 Å². The number of carbonyl (C=O) groups excluding carboxylic acids is 2. The van der Waals surface area contributed by atoms with E-state index in [9.17, 15) is 9.59 Å². The molecule has 3 aromatic carbocycles. The van der Waals surface area contributed by atoms with Crippen molar-refractivity contribution in [3.63, 3.8) is 0 Å². The van der Waals surface area contributed by atoms with Crippen LogP contribution in [0.2, 0.25) is 0 Å². The molecule has 0 bridgehead atoms. The van der Waals surface area contributed by atoms with Crippen molar-refractivity contribution >= 4 is 39.8 Å². The summed E-state index contributed by atoms with van der Waals surface area (Å²) in [5.41, 5.74) is 1.14. The second-order valence-corrected chi connectivity index (χ2v) is 8.49. The van der Waals surface area contributed by atoms with Gasteiger partial charge in [0.15, 0.2) is 5.78 Å². The smallest absolute Gasteiger partial charge is 0.262 e. The molecule has 0 saturated carbocycles. The minimum absolute atomic E-state index is 0.0459. The van der Waals surface area contributed by atoms with Crippen molar-refractivity contribution < 1.29 is 9.59 Å². The summed E-state index contributed by atoms with van der Waals surface area (Å²) in [5, 5.41) is 2.20. The quantitative estimate of drug-likeness (QED) is 0.593. The molecule has 0 unspecified atom stereocenters. The molecular weight excluding hydrogens is 390 g/mol. The van der Waals surface area contributed by atoms with Crippen LogP contribution in [0.4, 0.5) is 0 Å². The van der Waals surface area contributed by atoms with E-state index in [0.717, 1.165) is 26.8 Å². The number of allylic oxidation sites excluding steroid dienone is 2. The molecule has 1 heterocycles. The lowest BCUT2D eigenvalue weighted by atomic mass is 9.81. The second kappa shape index (κ2) is 7.15. The summed E-state index contributed by atoms with van der Waals surface area (Å²) in [5.74, 6) is -0.113. The summed E-state index contributed by atoms with van der Waals surface area (Å²) >= 11 is 1.48. The van der Waals surface area contributed by atoms with Crippen LogP contribution in [0, 0.1) is 0 Å². The maximum absolute atomic E-state index is 13.5. The van der Waals surface area contributed by atoms with E-state index >= 15 is 0 Å². The largest absolute Gasteiger partial charge is 0.324 e. The van der Waals surface area contributed by atoms with Crippen LogP contribution in [0.15, 0.2) is 107 Å². The number of hydrogen-bond donors (Lipinski definition) is 0. The van der Waals surface area contributed by atoms with Gasteiger partial charge in [0.1, 0.15) is 5.54 Å². The molecular formula is C26H19NO2S. The summed E-state index contributed by atoms with van der Waals surface area (Å²) in [6, 6.07) is 24.3. The predicted molar refractivity (Wildman–Crippen MR) is 122 cm³/mol. The standard InChI is InChI=1S/C26H19NO2S/c1-27-25(29)24(30-20-10-3-2-4-11-20)23(26(27)16-14-19(28)15-17-26)22-13-7-9-18-8-5-6-12-21(18)22/h2-17H,1H3. The van der Waals surface area contributed by atoms with E-state index < -0.39 is 5.54 Å². The Kier molecular flexibility index (Phi) is 4.44. The van der Waals surface area contributed by atoms with Crippen LogP contribution in [-0.2, 0) is 9.59 Å². The summed E-state index contributed by atoms with van der Waals surface area (Å²) in [7, 11) is 1.80. The molecule has 2 aliphatic rings. The second-order valence-electron chi connectivity index (χ2n) is 7.40. The molecule has 0 N–H and O–H groups in total. The molecule has 0 aromatic heterocycles. The maximum Gasteiger partial charge on any atom is 0.262 e. The van der Waals surface area contributed by atoms with Crippen LogP contribution < -0.4 is 0 Å². The van der Waals surface area contributed by atoms with Gasteiger partial charge in [-0.15, -0.1) is 0 Å². The van der Waals surface area contributed by atoms with E-state index in [1.807, 2.05) is 60.7 Å². The molecule has 146 valence electrons. The van der Waals surface area contributed by atoms with Gasteiger partial charge < -0.3 is 4.90 Å². The summed E-state index contributed by atoms with van der Waals surface area (Å²) in [6.45, 7) is 0. The van der Waals surface area contributed by atoms with Gasteiger partial charge in [0, 0.05) is 17.5 Å². The fraction of sp³-hybridized carbons (Fsp3) is 0.0769. The van der Waals surface area contributed by atoms with Gasteiger partial charge in [-0.2, -0.15) is 0 Å². The van der Waals surface area contributed by atoms with Crippen molar-refractivity contribution in [3.05, 3.63) is 108 Å². The van der Waals surface area contributed by atoms with Gasteiger partial charge in [-0.05, 0) is 52.8 Å². The van der Waals surface area contributed by atoms with Gasteiger partial charge in [0.25, 0.3) is 5.91 Å². The number of benzene rings is 3. The number of hydrogen-bond acceptors (Lipinski definition) is 3. The molecule has 1 spiro atoms. The van der Waals surface area contributed by atoms with Gasteiger partial charge in [-0.1, -0.05) is 72.4 Å². The van der Waals surface area contributed by atoms with Crippen LogP contribution in [0.5, 0.6) is 0 Å². The monoisotopic (exact) mass is 409 g/mol. The third-order valence-electron chi connectivity index (χ3n) is 5.71. The maximum atomic E-state index is 13.5. The van der Waals surface area contributed by atoms with Crippen molar-refractivity contribution in [2.45, 2.75) is 10.4 Å². The highest BCUT2D eigenvalue weighted by molar-refractivity contribution is 8.04. The van der Waals surface area contributed by atoms with Crippen molar-refractivity contribution in [3.8, 4) is 0 Å². The van der Waals surface area contributed by atoms with Crippen molar-refractivity contribution in [1.82, 2.24) is 4.90 Å². The molecule has 1 aliphatic heterocycles. The first-order valence-corrected chi connectivity index (χ1v) is 10.6.